The summed E-state index contributed by atoms with van der Waals surface area (Å²) in [6.45, 7) is 2.14. The van der Waals surface area contributed by atoms with Gasteiger partial charge in [0.05, 0.1) is 31.4 Å². The van der Waals surface area contributed by atoms with Crippen LogP contribution in [0.5, 0.6) is 0 Å². The Morgan fingerprint density at radius 1 is 0.714 bits per heavy atom. The molecule has 198 valence electrons. The summed E-state index contributed by atoms with van der Waals surface area (Å²) in [4.78, 5) is 3.40. The third kappa shape index (κ3) is 4.08. The molecule has 4 aromatic heterocycles. The molecule has 7 aromatic rings. The third-order valence-electron chi connectivity index (χ3n) is 6.96. The Labute approximate surface area is 256 Å². The highest BCUT2D eigenvalue weighted by Crippen LogP contribution is 2.52. The molecule has 0 aliphatic carbocycles. The maximum Gasteiger partial charge on any atom is 0.148 e. The van der Waals surface area contributed by atoms with E-state index in [0.29, 0.717) is 16.6 Å². The van der Waals surface area contributed by atoms with Gasteiger partial charge >= 0.3 is 0 Å². The van der Waals surface area contributed by atoms with Crippen LogP contribution in [0.15, 0.2) is 84.4 Å². The fourth-order valence-corrected chi connectivity index (χ4v) is 9.89. The highest BCUT2D eigenvalue weighted by Gasteiger charge is 2.24. The van der Waals surface area contributed by atoms with Gasteiger partial charge < -0.3 is 4.90 Å². The molecule has 3 aromatic carbocycles. The molecule has 0 bridgehead atoms. The number of fused-ring (bicyclic) bond motifs is 4. The van der Waals surface area contributed by atoms with Crippen LogP contribution in [-0.2, 0) is 0 Å². The minimum Gasteiger partial charge on any atom is -0.302 e. The molecule has 4 heterocycles. The average molecular weight is 613 g/mol. The van der Waals surface area contributed by atoms with Crippen LogP contribution in [0.4, 0.5) is 16.4 Å². The summed E-state index contributed by atoms with van der Waals surface area (Å²) in [7, 11) is 0. The fourth-order valence-electron chi connectivity index (χ4n) is 5.04. The first kappa shape index (κ1) is 26.0. The van der Waals surface area contributed by atoms with E-state index in [2.05, 4.69) is 75.2 Å². The molecule has 0 atom stereocenters. The second-order valence-electron chi connectivity index (χ2n) is 9.31. The topological polar surface area (TPSA) is 100 Å². The van der Waals surface area contributed by atoms with Crippen LogP contribution in [0.1, 0.15) is 11.1 Å². The number of rotatable bonds is 5. The predicted octanol–water partition coefficient (Wildman–Crippen LogP) is 9.95. The van der Waals surface area contributed by atoms with Crippen LogP contribution in [-0.4, -0.2) is 8.75 Å². The molecular weight excluding hydrogens is 597 g/mol. The van der Waals surface area contributed by atoms with E-state index in [4.69, 9.17) is 0 Å². The van der Waals surface area contributed by atoms with Crippen molar-refractivity contribution in [2.24, 2.45) is 0 Å². The fraction of sp³-hybridized carbons (Fsp3) is 0.0312. The maximum absolute atomic E-state index is 9.74. The quantitative estimate of drug-likeness (QED) is 0.179. The molecule has 0 radical (unpaired) electrons. The van der Waals surface area contributed by atoms with Gasteiger partial charge in [-0.05, 0) is 42.8 Å². The minimum absolute atomic E-state index is 0.0161. The number of allylic oxidation sites excluding steroid dienone is 2. The van der Waals surface area contributed by atoms with E-state index in [0.717, 1.165) is 38.5 Å². The largest absolute Gasteiger partial charge is 0.302 e. The number of aryl methyl sites for hydroxylation is 1. The number of nitrogens with zero attached hydrogens (tertiary/aromatic N) is 6. The summed E-state index contributed by atoms with van der Waals surface area (Å²) < 4.78 is 14.0. The zero-order valence-corrected chi connectivity index (χ0v) is 25.1. The number of aromatic nitrogens is 2. The number of nitriles is 3. The first-order valence-electron chi connectivity index (χ1n) is 12.7. The van der Waals surface area contributed by atoms with Crippen LogP contribution in [0.2, 0.25) is 0 Å². The van der Waals surface area contributed by atoms with Crippen molar-refractivity contribution in [2.45, 2.75) is 6.92 Å². The van der Waals surface area contributed by atoms with Gasteiger partial charge in [0.2, 0.25) is 0 Å². The monoisotopic (exact) mass is 612 g/mol. The molecule has 42 heavy (non-hydrogen) atoms. The van der Waals surface area contributed by atoms with E-state index < -0.39 is 0 Å². The molecule has 6 nitrogen and oxygen atoms in total. The normalized spacial score (nSPS) is 10.9. The van der Waals surface area contributed by atoms with E-state index in [9.17, 15) is 15.8 Å². The Kier molecular flexibility index (Phi) is 6.51. The standard InChI is InChI=1S/C32H16N6S4/c1-18-29(23-13-12-22(27-28(23)37-42-36-27)24(17-35)19(15-33)16-34)41-32-30(18)39-25-14-26(40-31(25)32)38(20-8-4-2-5-9-20)21-10-6-3-7-11-21/h2-14H,1H3. The van der Waals surface area contributed by atoms with E-state index in [1.54, 1.807) is 40.1 Å². The summed E-state index contributed by atoms with van der Waals surface area (Å²) in [6, 6.07) is 32.5. The lowest BCUT2D eigenvalue weighted by atomic mass is 9.98. The Morgan fingerprint density at radius 2 is 1.38 bits per heavy atom. The summed E-state index contributed by atoms with van der Waals surface area (Å²) in [6.07, 6.45) is 0. The Hall–Kier alpha value is -4.89. The first-order chi connectivity index (χ1) is 20.6. The molecule has 0 unspecified atom stereocenters. The van der Waals surface area contributed by atoms with Gasteiger partial charge in [0.25, 0.3) is 0 Å². The molecule has 0 amide bonds. The van der Waals surface area contributed by atoms with Crippen LogP contribution in [0, 0.1) is 40.9 Å². The van der Waals surface area contributed by atoms with Crippen molar-refractivity contribution in [1.29, 1.82) is 15.8 Å². The van der Waals surface area contributed by atoms with Gasteiger partial charge in [-0.2, -0.15) is 24.5 Å². The lowest BCUT2D eigenvalue weighted by Crippen LogP contribution is -2.07. The highest BCUT2D eigenvalue weighted by molar-refractivity contribution is 7.40. The van der Waals surface area contributed by atoms with Gasteiger partial charge in [-0.1, -0.05) is 48.5 Å². The molecule has 0 N–H and O–H groups in total. The van der Waals surface area contributed by atoms with Crippen molar-refractivity contribution in [3.05, 3.63) is 95.6 Å². The van der Waals surface area contributed by atoms with E-state index in [-0.39, 0.29) is 11.1 Å². The Bertz CT molecular complexity index is 2250. The maximum atomic E-state index is 9.74. The smallest absolute Gasteiger partial charge is 0.148 e. The average Bonchev–Trinajstić information content (AvgIpc) is 3.80. The summed E-state index contributed by atoms with van der Waals surface area (Å²) in [5, 5.41) is 29.6. The van der Waals surface area contributed by atoms with Gasteiger partial charge in [-0.15, -0.1) is 34.0 Å². The van der Waals surface area contributed by atoms with Crippen molar-refractivity contribution < 1.29 is 0 Å². The molecule has 10 heteroatoms. The van der Waals surface area contributed by atoms with E-state index >= 15 is 0 Å². The van der Waals surface area contributed by atoms with Gasteiger partial charge in [-0.3, -0.25) is 0 Å². The number of benzene rings is 3. The van der Waals surface area contributed by atoms with Crippen molar-refractivity contribution in [1.82, 2.24) is 8.75 Å². The molecule has 0 saturated heterocycles. The Morgan fingerprint density at radius 3 is 2.02 bits per heavy atom. The number of thiophene rings is 3. The minimum atomic E-state index is -0.233. The first-order valence-corrected chi connectivity index (χ1v) is 15.9. The van der Waals surface area contributed by atoms with Crippen LogP contribution in [0.25, 0.3) is 45.8 Å². The number of hydrogen-bond acceptors (Lipinski definition) is 10. The van der Waals surface area contributed by atoms with Crippen molar-refractivity contribution in [3.8, 4) is 28.6 Å². The molecule has 7 rings (SSSR count). The van der Waals surface area contributed by atoms with E-state index in [1.165, 1.54) is 24.4 Å². The van der Waals surface area contributed by atoms with Crippen LogP contribution >= 0.6 is 45.7 Å². The molecule has 0 fully saturated rings. The van der Waals surface area contributed by atoms with Gasteiger partial charge in [-0.25, -0.2) is 0 Å². The number of para-hydroxylation sites is 2. The summed E-state index contributed by atoms with van der Waals surface area (Å²) in [5.74, 6) is 0. The second-order valence-corrected chi connectivity index (χ2v) is 12.9. The Balaban J connectivity index is 1.38. The van der Waals surface area contributed by atoms with Crippen LogP contribution < -0.4 is 4.90 Å². The number of hydrogen-bond donors (Lipinski definition) is 0. The highest BCUT2D eigenvalue weighted by atomic mass is 32.1. The number of anilines is 3. The molecule has 0 saturated carbocycles. The van der Waals surface area contributed by atoms with Gasteiger partial charge in [0.1, 0.15) is 39.8 Å². The lowest BCUT2D eigenvalue weighted by molar-refractivity contribution is 1.32. The lowest BCUT2D eigenvalue weighted by Gasteiger charge is -2.23. The zero-order valence-electron chi connectivity index (χ0n) is 21.8. The van der Waals surface area contributed by atoms with Crippen molar-refractivity contribution in [3.63, 3.8) is 0 Å². The summed E-state index contributed by atoms with van der Waals surface area (Å²) in [5.41, 5.74) is 5.76. The van der Waals surface area contributed by atoms with Gasteiger partial charge in [0, 0.05) is 32.1 Å². The SMILES string of the molecule is Cc1c(-c2ccc(C(C#N)=C(C#N)C#N)c3nsnc23)sc2c1sc1cc(N(c3ccccc3)c3ccccc3)sc12. The van der Waals surface area contributed by atoms with Crippen molar-refractivity contribution in [2.75, 3.05) is 4.90 Å². The third-order valence-corrected chi connectivity index (χ3v) is 11.6. The summed E-state index contributed by atoms with van der Waals surface area (Å²) >= 11 is 6.39. The van der Waals surface area contributed by atoms with Crippen molar-refractivity contribution >= 4 is 97.5 Å². The zero-order chi connectivity index (χ0) is 28.8. The molecular formula is C32H16N6S4. The van der Waals surface area contributed by atoms with Crippen LogP contribution in [0.3, 0.4) is 0 Å². The molecule has 0 aliphatic rings. The van der Waals surface area contributed by atoms with E-state index in [1.807, 2.05) is 36.4 Å². The molecule has 0 aliphatic heterocycles. The van der Waals surface area contributed by atoms with Gasteiger partial charge in [0.15, 0.2) is 0 Å². The predicted molar refractivity (Wildman–Crippen MR) is 175 cm³/mol. The molecule has 0 spiro atoms. The second kappa shape index (κ2) is 10.5.